The fraction of sp³-hybridized carbons (Fsp3) is 0.214. The summed E-state index contributed by atoms with van der Waals surface area (Å²) < 4.78 is 0.714. The summed E-state index contributed by atoms with van der Waals surface area (Å²) in [6.45, 7) is 0. The first kappa shape index (κ1) is 13.9. The lowest BCUT2D eigenvalue weighted by Gasteiger charge is -1.98. The number of thiophene rings is 1. The van der Waals surface area contributed by atoms with Gasteiger partial charge in [-0.05, 0) is 12.5 Å². The van der Waals surface area contributed by atoms with E-state index in [2.05, 4.69) is 22.9 Å². The SMILES string of the molecule is N#CCCCC#Cc1cc2c(N)ncc(C(N)=O)c2s1. The van der Waals surface area contributed by atoms with E-state index in [1.54, 1.807) is 0 Å². The Hall–Kier alpha value is -2.57. The third kappa shape index (κ3) is 2.87. The number of carbonyl (C=O) groups is 1. The number of hydrogen-bond acceptors (Lipinski definition) is 5. The molecule has 20 heavy (non-hydrogen) atoms. The van der Waals surface area contributed by atoms with Crippen molar-refractivity contribution in [2.45, 2.75) is 19.3 Å². The summed E-state index contributed by atoms with van der Waals surface area (Å²) in [5.74, 6) is 5.84. The third-order valence-electron chi connectivity index (χ3n) is 2.65. The van der Waals surface area contributed by atoms with Gasteiger partial charge < -0.3 is 11.5 Å². The van der Waals surface area contributed by atoms with Crippen LogP contribution >= 0.6 is 11.3 Å². The molecule has 0 aromatic carbocycles. The maximum absolute atomic E-state index is 11.3. The van der Waals surface area contributed by atoms with Gasteiger partial charge in [-0.1, -0.05) is 11.8 Å². The molecular formula is C14H12N4OS. The van der Waals surface area contributed by atoms with Crippen LogP contribution in [0.4, 0.5) is 5.82 Å². The molecule has 0 unspecified atom stereocenters. The predicted octanol–water partition coefficient (Wildman–Crippen LogP) is 2.02. The van der Waals surface area contributed by atoms with Crippen molar-refractivity contribution in [3.63, 3.8) is 0 Å². The minimum absolute atomic E-state index is 0.358. The normalized spacial score (nSPS) is 9.75. The first-order valence-electron chi connectivity index (χ1n) is 5.97. The number of nitrogen functional groups attached to an aromatic ring is 1. The van der Waals surface area contributed by atoms with E-state index < -0.39 is 5.91 Å². The molecule has 0 radical (unpaired) electrons. The maximum atomic E-state index is 11.3. The number of unbranched alkanes of at least 4 members (excludes halogenated alkanes) is 2. The van der Waals surface area contributed by atoms with Crippen LogP contribution in [0, 0.1) is 23.2 Å². The van der Waals surface area contributed by atoms with Gasteiger partial charge in [-0.2, -0.15) is 5.26 Å². The van der Waals surface area contributed by atoms with E-state index in [1.807, 2.05) is 6.07 Å². The Morgan fingerprint density at radius 1 is 1.45 bits per heavy atom. The number of carbonyl (C=O) groups excluding carboxylic acids is 1. The maximum Gasteiger partial charge on any atom is 0.251 e. The highest BCUT2D eigenvalue weighted by atomic mass is 32.1. The van der Waals surface area contributed by atoms with Crippen molar-refractivity contribution in [3.8, 4) is 17.9 Å². The van der Waals surface area contributed by atoms with Gasteiger partial charge in [-0.3, -0.25) is 4.79 Å². The summed E-state index contributed by atoms with van der Waals surface area (Å²) in [5.41, 5.74) is 11.5. The molecule has 6 heteroatoms. The smallest absolute Gasteiger partial charge is 0.251 e. The van der Waals surface area contributed by atoms with Crippen molar-refractivity contribution in [2.75, 3.05) is 5.73 Å². The summed E-state index contributed by atoms with van der Waals surface area (Å²) in [7, 11) is 0. The van der Waals surface area contributed by atoms with Crippen LogP contribution in [0.1, 0.15) is 34.5 Å². The van der Waals surface area contributed by atoms with Gasteiger partial charge in [-0.15, -0.1) is 11.3 Å². The van der Waals surface area contributed by atoms with Crippen molar-refractivity contribution in [2.24, 2.45) is 5.73 Å². The number of hydrogen-bond donors (Lipinski definition) is 2. The molecule has 0 spiro atoms. The van der Waals surface area contributed by atoms with Gasteiger partial charge in [0.15, 0.2) is 0 Å². The number of nitrogens with zero attached hydrogens (tertiary/aromatic N) is 2. The summed E-state index contributed by atoms with van der Waals surface area (Å²) in [6.07, 6.45) is 3.31. The van der Waals surface area contributed by atoms with Crippen molar-refractivity contribution in [1.29, 1.82) is 5.26 Å². The second-order valence-corrected chi connectivity index (χ2v) is 5.14. The van der Waals surface area contributed by atoms with Crippen molar-refractivity contribution >= 4 is 33.1 Å². The van der Waals surface area contributed by atoms with E-state index in [-0.39, 0.29) is 0 Å². The molecule has 0 aliphatic heterocycles. The average Bonchev–Trinajstić information content (AvgIpc) is 2.83. The molecular weight excluding hydrogens is 272 g/mol. The number of rotatable bonds is 3. The summed E-state index contributed by atoms with van der Waals surface area (Å²) >= 11 is 1.37. The van der Waals surface area contributed by atoms with Gasteiger partial charge >= 0.3 is 0 Å². The van der Waals surface area contributed by atoms with E-state index in [0.717, 1.165) is 11.3 Å². The highest BCUT2D eigenvalue weighted by Crippen LogP contribution is 2.31. The molecule has 0 saturated carbocycles. The molecule has 2 aromatic rings. The van der Waals surface area contributed by atoms with Gasteiger partial charge in [0.25, 0.3) is 5.91 Å². The number of nitrogens with two attached hydrogens (primary N) is 2. The molecule has 2 rings (SSSR count). The lowest BCUT2D eigenvalue weighted by atomic mass is 10.2. The van der Waals surface area contributed by atoms with Gasteiger partial charge in [0.1, 0.15) is 5.82 Å². The van der Waals surface area contributed by atoms with Crippen molar-refractivity contribution < 1.29 is 4.79 Å². The highest BCUT2D eigenvalue weighted by Gasteiger charge is 2.12. The Balaban J connectivity index is 2.34. The lowest BCUT2D eigenvalue weighted by Crippen LogP contribution is -2.11. The van der Waals surface area contributed by atoms with Crippen LogP contribution in [-0.4, -0.2) is 10.9 Å². The Morgan fingerprint density at radius 2 is 2.25 bits per heavy atom. The van der Waals surface area contributed by atoms with E-state index >= 15 is 0 Å². The molecule has 1 amide bonds. The average molecular weight is 284 g/mol. The topological polar surface area (TPSA) is 106 Å². The second kappa shape index (κ2) is 6.05. The number of nitriles is 1. The molecule has 0 aliphatic carbocycles. The van der Waals surface area contributed by atoms with Crippen LogP contribution in [-0.2, 0) is 0 Å². The largest absolute Gasteiger partial charge is 0.383 e. The Labute approximate surface area is 120 Å². The molecule has 0 saturated heterocycles. The number of anilines is 1. The summed E-state index contributed by atoms with van der Waals surface area (Å²) in [6, 6.07) is 3.89. The Kier molecular flexibility index (Phi) is 4.19. The summed E-state index contributed by atoms with van der Waals surface area (Å²) in [4.78, 5) is 16.1. The molecule has 2 heterocycles. The standard InChI is InChI=1S/C14H12N4OS/c15-6-4-2-1-3-5-9-7-10-12(20-9)11(14(17)19)8-18-13(10)16/h7-8H,1-2,4H2,(H2,16,18)(H2,17,19). The molecule has 0 aliphatic rings. The van der Waals surface area contributed by atoms with Crippen molar-refractivity contribution in [1.82, 2.24) is 4.98 Å². The minimum atomic E-state index is -0.530. The lowest BCUT2D eigenvalue weighted by molar-refractivity contribution is 0.100. The van der Waals surface area contributed by atoms with Crippen LogP contribution in [0.5, 0.6) is 0 Å². The van der Waals surface area contributed by atoms with E-state index in [4.69, 9.17) is 16.7 Å². The van der Waals surface area contributed by atoms with Crippen LogP contribution in [0.15, 0.2) is 12.3 Å². The van der Waals surface area contributed by atoms with Gasteiger partial charge in [0.2, 0.25) is 0 Å². The number of primary amides is 1. The zero-order valence-electron chi connectivity index (χ0n) is 10.6. The van der Waals surface area contributed by atoms with E-state index in [9.17, 15) is 4.79 Å². The molecule has 0 bridgehead atoms. The number of aromatic nitrogens is 1. The first-order valence-corrected chi connectivity index (χ1v) is 6.78. The Bertz CT molecular complexity index is 761. The minimum Gasteiger partial charge on any atom is -0.383 e. The van der Waals surface area contributed by atoms with E-state index in [0.29, 0.717) is 34.3 Å². The molecule has 100 valence electrons. The monoisotopic (exact) mass is 284 g/mol. The van der Waals surface area contributed by atoms with Gasteiger partial charge in [0.05, 0.1) is 21.2 Å². The zero-order valence-corrected chi connectivity index (χ0v) is 11.5. The van der Waals surface area contributed by atoms with Crippen LogP contribution in [0.25, 0.3) is 10.1 Å². The predicted molar refractivity (Wildman–Crippen MR) is 78.9 cm³/mol. The Morgan fingerprint density at radius 3 is 2.95 bits per heavy atom. The van der Waals surface area contributed by atoms with Crippen LogP contribution < -0.4 is 11.5 Å². The first-order chi connectivity index (χ1) is 9.63. The van der Waals surface area contributed by atoms with E-state index in [1.165, 1.54) is 17.5 Å². The molecule has 0 fully saturated rings. The number of pyridine rings is 1. The quantitative estimate of drug-likeness (QED) is 0.664. The number of fused-ring (bicyclic) bond motifs is 1. The van der Waals surface area contributed by atoms with Crippen LogP contribution in [0.3, 0.4) is 0 Å². The van der Waals surface area contributed by atoms with Gasteiger partial charge in [-0.25, -0.2) is 4.98 Å². The van der Waals surface area contributed by atoms with Gasteiger partial charge in [0, 0.05) is 24.4 Å². The third-order valence-corrected chi connectivity index (χ3v) is 3.74. The molecule has 5 nitrogen and oxygen atoms in total. The molecule has 4 N–H and O–H groups in total. The highest BCUT2D eigenvalue weighted by molar-refractivity contribution is 7.20. The fourth-order valence-corrected chi connectivity index (χ4v) is 2.74. The van der Waals surface area contributed by atoms with Crippen molar-refractivity contribution in [3.05, 3.63) is 22.7 Å². The summed E-state index contributed by atoms with van der Waals surface area (Å²) in [5, 5.41) is 9.13. The van der Waals surface area contributed by atoms with Crippen LogP contribution in [0.2, 0.25) is 0 Å². The second-order valence-electron chi connectivity index (χ2n) is 4.09. The molecule has 0 atom stereocenters. The number of amides is 1. The zero-order chi connectivity index (χ0) is 14.5. The fourth-order valence-electron chi connectivity index (χ4n) is 1.69. The molecule has 2 aromatic heterocycles.